The summed E-state index contributed by atoms with van der Waals surface area (Å²) in [5.74, 6) is 0. The highest BCUT2D eigenvalue weighted by Gasteiger charge is 2.36. The van der Waals surface area contributed by atoms with E-state index in [1.165, 1.54) is 0 Å². The second-order valence-corrected chi connectivity index (χ2v) is 6.81. The molecule has 1 saturated heterocycles. The summed E-state index contributed by atoms with van der Waals surface area (Å²) in [4.78, 5) is 13.6. The summed E-state index contributed by atoms with van der Waals surface area (Å²) in [7, 11) is 1.90. The molecule has 1 aromatic rings. The van der Waals surface area contributed by atoms with E-state index in [4.69, 9.17) is 4.74 Å². The largest absolute Gasteiger partial charge is 0.444 e. The van der Waals surface area contributed by atoms with Gasteiger partial charge in [-0.3, -0.25) is 4.68 Å². The molecule has 1 fully saturated rings. The third kappa shape index (κ3) is 3.32. The Morgan fingerprint density at radius 2 is 2.20 bits per heavy atom. The van der Waals surface area contributed by atoms with Crippen LogP contribution in [-0.4, -0.2) is 46.5 Å². The highest BCUT2D eigenvalue weighted by Crippen LogP contribution is 2.27. The SMILES string of the molecule is CNCc1c(Br)cnn1C1CN(C(=O)OC(C)(C)C)C1. The smallest absolute Gasteiger partial charge is 0.410 e. The Hall–Kier alpha value is -1.08. The minimum absolute atomic E-state index is 0.220. The van der Waals surface area contributed by atoms with Crippen LogP contribution in [0.15, 0.2) is 10.7 Å². The van der Waals surface area contributed by atoms with Gasteiger partial charge in [-0.1, -0.05) is 0 Å². The molecule has 2 heterocycles. The highest BCUT2D eigenvalue weighted by molar-refractivity contribution is 9.10. The Balaban J connectivity index is 1.95. The number of halogens is 1. The van der Waals surface area contributed by atoms with Gasteiger partial charge in [-0.25, -0.2) is 4.79 Å². The number of hydrogen-bond acceptors (Lipinski definition) is 4. The van der Waals surface area contributed by atoms with Crippen LogP contribution in [0.4, 0.5) is 4.79 Å². The minimum Gasteiger partial charge on any atom is -0.444 e. The van der Waals surface area contributed by atoms with Gasteiger partial charge in [-0.15, -0.1) is 0 Å². The number of aromatic nitrogens is 2. The molecule has 0 atom stereocenters. The highest BCUT2D eigenvalue weighted by atomic mass is 79.9. The molecule has 0 unspecified atom stereocenters. The zero-order valence-corrected chi connectivity index (χ0v) is 13.9. The van der Waals surface area contributed by atoms with Gasteiger partial charge in [0.15, 0.2) is 0 Å². The standard InChI is InChI=1S/C13H21BrN4O2/c1-13(2,3)20-12(19)17-7-9(8-17)18-11(6-15-4)10(14)5-16-18/h5,9,15H,6-8H2,1-4H3. The zero-order chi connectivity index (χ0) is 14.9. The van der Waals surface area contributed by atoms with E-state index < -0.39 is 5.60 Å². The number of likely N-dealkylation sites (tertiary alicyclic amines) is 1. The molecule has 0 saturated carbocycles. The lowest BCUT2D eigenvalue weighted by molar-refractivity contribution is -0.000793. The molecule has 2 rings (SSSR count). The first-order valence-corrected chi connectivity index (χ1v) is 7.45. The monoisotopic (exact) mass is 344 g/mol. The van der Waals surface area contributed by atoms with Crippen LogP contribution < -0.4 is 5.32 Å². The Kier molecular flexibility index (Phi) is 4.39. The predicted molar refractivity (Wildman–Crippen MR) is 79.5 cm³/mol. The van der Waals surface area contributed by atoms with E-state index >= 15 is 0 Å². The molecular weight excluding hydrogens is 324 g/mol. The third-order valence-corrected chi connectivity index (χ3v) is 3.71. The lowest BCUT2D eigenvalue weighted by atomic mass is 10.1. The molecule has 0 bridgehead atoms. The topological polar surface area (TPSA) is 59.4 Å². The van der Waals surface area contributed by atoms with Crippen LogP contribution in [-0.2, 0) is 11.3 Å². The van der Waals surface area contributed by atoms with Gasteiger partial charge in [0.05, 0.1) is 22.4 Å². The molecule has 0 aliphatic carbocycles. The minimum atomic E-state index is -0.450. The molecule has 1 amide bonds. The van der Waals surface area contributed by atoms with Crippen molar-refractivity contribution in [2.45, 2.75) is 39.0 Å². The van der Waals surface area contributed by atoms with Gasteiger partial charge in [0, 0.05) is 19.6 Å². The fraction of sp³-hybridized carbons (Fsp3) is 0.692. The maximum Gasteiger partial charge on any atom is 0.410 e. The summed E-state index contributed by atoms with van der Waals surface area (Å²) < 4.78 is 8.31. The van der Waals surface area contributed by atoms with Crippen LogP contribution in [0.5, 0.6) is 0 Å². The van der Waals surface area contributed by atoms with Crippen LogP contribution >= 0.6 is 15.9 Å². The number of nitrogens with one attached hydrogen (secondary N) is 1. The van der Waals surface area contributed by atoms with Gasteiger partial charge in [0.1, 0.15) is 5.60 Å². The normalized spacial score (nSPS) is 16.1. The van der Waals surface area contributed by atoms with Crippen LogP contribution in [0.25, 0.3) is 0 Å². The van der Waals surface area contributed by atoms with Gasteiger partial charge < -0.3 is 15.0 Å². The molecule has 0 spiro atoms. The van der Waals surface area contributed by atoms with Crippen molar-refractivity contribution in [1.29, 1.82) is 0 Å². The van der Waals surface area contributed by atoms with Crippen LogP contribution in [0.2, 0.25) is 0 Å². The summed E-state index contributed by atoms with van der Waals surface area (Å²) >= 11 is 3.49. The van der Waals surface area contributed by atoms with Crippen molar-refractivity contribution >= 4 is 22.0 Å². The predicted octanol–water partition coefficient (Wildman–Crippen LogP) is 2.16. The van der Waals surface area contributed by atoms with Gasteiger partial charge in [-0.2, -0.15) is 5.10 Å². The second kappa shape index (κ2) is 5.73. The average molecular weight is 345 g/mol. The van der Waals surface area contributed by atoms with E-state index in [9.17, 15) is 4.79 Å². The maximum atomic E-state index is 11.9. The lowest BCUT2D eigenvalue weighted by Crippen LogP contribution is -2.52. The first-order valence-electron chi connectivity index (χ1n) is 6.66. The van der Waals surface area contributed by atoms with Crippen molar-refractivity contribution in [3.8, 4) is 0 Å². The van der Waals surface area contributed by atoms with Gasteiger partial charge in [0.2, 0.25) is 0 Å². The summed E-state index contributed by atoms with van der Waals surface area (Å²) in [5.41, 5.74) is 0.648. The fourth-order valence-electron chi connectivity index (χ4n) is 2.10. The van der Waals surface area contributed by atoms with Crippen molar-refractivity contribution < 1.29 is 9.53 Å². The number of carbonyl (C=O) groups is 1. The first-order chi connectivity index (χ1) is 9.31. The Bertz CT molecular complexity index is 489. The quantitative estimate of drug-likeness (QED) is 0.912. The Morgan fingerprint density at radius 1 is 1.55 bits per heavy atom. The number of hydrogen-bond donors (Lipinski definition) is 1. The molecule has 1 aromatic heterocycles. The molecule has 1 aliphatic heterocycles. The summed E-state index contributed by atoms with van der Waals surface area (Å²) in [5, 5.41) is 7.50. The van der Waals surface area contributed by atoms with Crippen molar-refractivity contribution in [2.75, 3.05) is 20.1 Å². The molecule has 7 heteroatoms. The molecular formula is C13H21BrN4O2. The molecule has 112 valence electrons. The number of rotatable bonds is 3. The van der Waals surface area contributed by atoms with Gasteiger partial charge in [0.25, 0.3) is 0 Å². The van der Waals surface area contributed by atoms with Crippen molar-refractivity contribution in [3.63, 3.8) is 0 Å². The molecule has 6 nitrogen and oxygen atoms in total. The van der Waals surface area contributed by atoms with E-state index in [2.05, 4.69) is 26.3 Å². The van der Waals surface area contributed by atoms with Crippen molar-refractivity contribution in [3.05, 3.63) is 16.4 Å². The van der Waals surface area contributed by atoms with E-state index in [1.807, 2.05) is 32.5 Å². The molecule has 0 radical (unpaired) electrons. The molecule has 1 N–H and O–H groups in total. The Labute approximate surface area is 127 Å². The zero-order valence-electron chi connectivity index (χ0n) is 12.3. The van der Waals surface area contributed by atoms with Crippen molar-refractivity contribution in [2.24, 2.45) is 0 Å². The summed E-state index contributed by atoms with van der Waals surface area (Å²) in [6.45, 7) is 7.64. The number of ether oxygens (including phenoxy) is 1. The second-order valence-electron chi connectivity index (χ2n) is 5.95. The maximum absolute atomic E-state index is 11.9. The third-order valence-electron chi connectivity index (χ3n) is 3.05. The van der Waals surface area contributed by atoms with Crippen molar-refractivity contribution in [1.82, 2.24) is 20.0 Å². The van der Waals surface area contributed by atoms with E-state index in [1.54, 1.807) is 11.1 Å². The van der Waals surface area contributed by atoms with Gasteiger partial charge >= 0.3 is 6.09 Å². The molecule has 1 aliphatic rings. The average Bonchev–Trinajstić information content (AvgIpc) is 2.57. The van der Waals surface area contributed by atoms with Crippen LogP contribution in [0, 0.1) is 0 Å². The van der Waals surface area contributed by atoms with E-state index in [0.29, 0.717) is 13.1 Å². The van der Waals surface area contributed by atoms with E-state index in [0.717, 1.165) is 16.7 Å². The van der Waals surface area contributed by atoms with Gasteiger partial charge in [-0.05, 0) is 43.7 Å². The Morgan fingerprint density at radius 3 is 2.75 bits per heavy atom. The summed E-state index contributed by atoms with van der Waals surface area (Å²) in [6.07, 6.45) is 1.54. The van der Waals surface area contributed by atoms with Crippen LogP contribution in [0.3, 0.4) is 0 Å². The fourth-order valence-corrected chi connectivity index (χ4v) is 2.51. The number of amides is 1. The van der Waals surface area contributed by atoms with Crippen LogP contribution in [0.1, 0.15) is 32.5 Å². The number of nitrogens with zero attached hydrogens (tertiary/aromatic N) is 3. The summed E-state index contributed by atoms with van der Waals surface area (Å²) in [6, 6.07) is 0.220. The first kappa shape index (κ1) is 15.3. The number of carbonyl (C=O) groups excluding carboxylic acids is 1. The molecule has 0 aromatic carbocycles. The molecule has 20 heavy (non-hydrogen) atoms. The van der Waals surface area contributed by atoms with E-state index in [-0.39, 0.29) is 12.1 Å². The lowest BCUT2D eigenvalue weighted by Gasteiger charge is -2.40.